The van der Waals surface area contributed by atoms with Gasteiger partial charge in [0.15, 0.2) is 0 Å². The molecule has 1 fully saturated rings. The van der Waals surface area contributed by atoms with Gasteiger partial charge in [0, 0.05) is 56.2 Å². The van der Waals surface area contributed by atoms with Gasteiger partial charge in [-0.05, 0) is 42.3 Å². The molecule has 182 valence electrons. The predicted molar refractivity (Wildman–Crippen MR) is 137 cm³/mol. The van der Waals surface area contributed by atoms with Gasteiger partial charge in [0.1, 0.15) is 11.5 Å². The standard InChI is InChI=1S/C28H32N4O3/c1-34-22-11-10-20-17-23(28(33)30-14-12-21-7-5-6-13-29-21)26-19-31(15-16-32(26)25(20)18-22)24-8-3-4-9-27(24)35-2/h3-11,13,18,23,26H,12,14-17,19H2,1-2H3,(H,30,33)/t23-,26-/m0/s1. The minimum atomic E-state index is -0.155. The Balaban J connectivity index is 1.39. The summed E-state index contributed by atoms with van der Waals surface area (Å²) < 4.78 is 11.1. The number of para-hydroxylation sites is 2. The highest BCUT2D eigenvalue weighted by molar-refractivity contribution is 5.82. The lowest BCUT2D eigenvalue weighted by Crippen LogP contribution is -2.61. The number of aromatic nitrogens is 1. The van der Waals surface area contributed by atoms with Crippen LogP contribution in [0.25, 0.3) is 0 Å². The number of hydrogen-bond donors (Lipinski definition) is 1. The van der Waals surface area contributed by atoms with Gasteiger partial charge in [0.2, 0.25) is 5.91 Å². The maximum atomic E-state index is 13.5. The van der Waals surface area contributed by atoms with E-state index in [1.54, 1.807) is 20.4 Å². The first-order chi connectivity index (χ1) is 17.2. The van der Waals surface area contributed by atoms with Crippen molar-refractivity contribution in [2.24, 2.45) is 5.92 Å². The molecular weight excluding hydrogens is 440 g/mol. The Kier molecular flexibility index (Phi) is 6.75. The molecule has 7 nitrogen and oxygen atoms in total. The van der Waals surface area contributed by atoms with Crippen LogP contribution >= 0.6 is 0 Å². The number of nitrogens with zero attached hydrogens (tertiary/aromatic N) is 3. The highest BCUT2D eigenvalue weighted by atomic mass is 16.5. The number of piperazine rings is 1. The number of amides is 1. The molecule has 1 aromatic heterocycles. The molecule has 0 spiro atoms. The summed E-state index contributed by atoms with van der Waals surface area (Å²) in [6.07, 6.45) is 3.21. The number of fused-ring (bicyclic) bond motifs is 3. The van der Waals surface area contributed by atoms with Crippen LogP contribution in [0.3, 0.4) is 0 Å². The van der Waals surface area contributed by atoms with E-state index in [0.717, 1.165) is 48.9 Å². The van der Waals surface area contributed by atoms with Crippen LogP contribution in [0.1, 0.15) is 11.3 Å². The van der Waals surface area contributed by atoms with Gasteiger partial charge in [-0.25, -0.2) is 0 Å². The molecule has 2 aliphatic rings. The maximum Gasteiger partial charge on any atom is 0.225 e. The first-order valence-corrected chi connectivity index (χ1v) is 12.2. The average Bonchev–Trinajstić information content (AvgIpc) is 2.92. The van der Waals surface area contributed by atoms with Gasteiger partial charge in [-0.3, -0.25) is 9.78 Å². The van der Waals surface area contributed by atoms with Gasteiger partial charge in [-0.15, -0.1) is 0 Å². The van der Waals surface area contributed by atoms with Crippen molar-refractivity contribution in [2.75, 3.05) is 50.2 Å². The summed E-state index contributed by atoms with van der Waals surface area (Å²) in [5.41, 5.74) is 4.42. The van der Waals surface area contributed by atoms with Crippen molar-refractivity contribution in [3.63, 3.8) is 0 Å². The Morgan fingerprint density at radius 2 is 1.89 bits per heavy atom. The quantitative estimate of drug-likeness (QED) is 0.569. The number of pyridine rings is 1. The van der Waals surface area contributed by atoms with Crippen LogP contribution in [0.5, 0.6) is 11.5 Å². The number of ether oxygens (including phenoxy) is 2. The van der Waals surface area contributed by atoms with E-state index in [1.165, 1.54) is 11.3 Å². The lowest BCUT2D eigenvalue weighted by molar-refractivity contribution is -0.125. The number of carbonyl (C=O) groups is 1. The molecule has 5 rings (SSSR count). The molecule has 3 heterocycles. The van der Waals surface area contributed by atoms with Gasteiger partial charge in [-0.2, -0.15) is 0 Å². The van der Waals surface area contributed by atoms with E-state index in [0.29, 0.717) is 13.0 Å². The average molecular weight is 473 g/mol. The van der Waals surface area contributed by atoms with Crippen LogP contribution in [0.15, 0.2) is 66.9 Å². The highest BCUT2D eigenvalue weighted by Gasteiger charge is 2.42. The van der Waals surface area contributed by atoms with E-state index >= 15 is 0 Å². The second kappa shape index (κ2) is 10.3. The lowest BCUT2D eigenvalue weighted by Gasteiger charge is -2.49. The van der Waals surface area contributed by atoms with Crippen LogP contribution in [-0.2, 0) is 17.6 Å². The van der Waals surface area contributed by atoms with E-state index in [9.17, 15) is 4.79 Å². The SMILES string of the molecule is COc1ccc2c(c1)N1CCN(c3ccccc3OC)C[C@H]1[C@@H](C(=O)NCCc1ccccn1)C2. The topological polar surface area (TPSA) is 66.9 Å². The van der Waals surface area contributed by atoms with Crippen LogP contribution in [0.2, 0.25) is 0 Å². The maximum absolute atomic E-state index is 13.5. The molecule has 1 N–H and O–H groups in total. The summed E-state index contributed by atoms with van der Waals surface area (Å²) in [5.74, 6) is 1.64. The normalized spacial score (nSPS) is 18.9. The number of methoxy groups -OCH3 is 2. The van der Waals surface area contributed by atoms with Gasteiger partial charge in [0.25, 0.3) is 0 Å². The lowest BCUT2D eigenvalue weighted by atomic mass is 9.83. The molecule has 0 radical (unpaired) electrons. The zero-order valence-corrected chi connectivity index (χ0v) is 20.3. The minimum absolute atomic E-state index is 0.0446. The first kappa shape index (κ1) is 23.0. The van der Waals surface area contributed by atoms with Crippen molar-refractivity contribution in [3.8, 4) is 11.5 Å². The molecule has 0 unspecified atom stereocenters. The fraction of sp³-hybridized carbons (Fsp3) is 0.357. The molecule has 0 saturated carbocycles. The monoisotopic (exact) mass is 472 g/mol. The van der Waals surface area contributed by atoms with Crippen LogP contribution in [0, 0.1) is 5.92 Å². The Morgan fingerprint density at radius 3 is 2.69 bits per heavy atom. The second-order valence-corrected chi connectivity index (χ2v) is 9.05. The summed E-state index contributed by atoms with van der Waals surface area (Å²) in [5, 5.41) is 3.19. The summed E-state index contributed by atoms with van der Waals surface area (Å²) in [4.78, 5) is 22.6. The predicted octanol–water partition coefficient (Wildman–Crippen LogP) is 3.33. The third kappa shape index (κ3) is 4.76. The van der Waals surface area contributed by atoms with E-state index in [4.69, 9.17) is 9.47 Å². The summed E-state index contributed by atoms with van der Waals surface area (Å²) >= 11 is 0. The Labute approximate surface area is 206 Å². The molecule has 1 amide bonds. The minimum Gasteiger partial charge on any atom is -0.497 e. The van der Waals surface area contributed by atoms with Crippen molar-refractivity contribution in [1.82, 2.24) is 10.3 Å². The summed E-state index contributed by atoms with van der Waals surface area (Å²) in [7, 11) is 3.40. The van der Waals surface area contributed by atoms with E-state index < -0.39 is 0 Å². The highest BCUT2D eigenvalue weighted by Crippen LogP contribution is 2.40. The van der Waals surface area contributed by atoms with Crippen LogP contribution in [-0.4, -0.2) is 57.3 Å². The molecule has 7 heteroatoms. The second-order valence-electron chi connectivity index (χ2n) is 9.05. The molecule has 2 atom stereocenters. The molecule has 35 heavy (non-hydrogen) atoms. The zero-order valence-electron chi connectivity index (χ0n) is 20.3. The van der Waals surface area contributed by atoms with E-state index in [2.05, 4.69) is 38.3 Å². The fourth-order valence-corrected chi connectivity index (χ4v) is 5.31. The fourth-order valence-electron chi connectivity index (χ4n) is 5.31. The molecular formula is C28H32N4O3. The molecule has 3 aromatic rings. The largest absolute Gasteiger partial charge is 0.497 e. The molecule has 0 bridgehead atoms. The first-order valence-electron chi connectivity index (χ1n) is 12.2. The third-order valence-corrected chi connectivity index (χ3v) is 7.09. The van der Waals surface area contributed by atoms with Gasteiger partial charge < -0.3 is 24.6 Å². The van der Waals surface area contributed by atoms with Gasteiger partial charge in [0.05, 0.1) is 31.9 Å². The van der Waals surface area contributed by atoms with E-state index in [-0.39, 0.29) is 17.9 Å². The summed E-state index contributed by atoms with van der Waals surface area (Å²) in [6, 6.07) is 20.2. The Hall–Kier alpha value is -3.74. The Morgan fingerprint density at radius 1 is 1.03 bits per heavy atom. The number of carbonyl (C=O) groups excluding carboxylic acids is 1. The number of anilines is 2. The van der Waals surface area contributed by atoms with Crippen molar-refractivity contribution >= 4 is 17.3 Å². The number of hydrogen-bond acceptors (Lipinski definition) is 6. The van der Waals surface area contributed by atoms with Crippen LogP contribution < -0.4 is 24.6 Å². The Bertz CT molecular complexity index is 1170. The zero-order chi connectivity index (χ0) is 24.2. The van der Waals surface area contributed by atoms with Crippen LogP contribution in [0.4, 0.5) is 11.4 Å². The molecule has 1 saturated heterocycles. The number of nitrogens with one attached hydrogen (secondary N) is 1. The summed E-state index contributed by atoms with van der Waals surface area (Å²) in [6.45, 7) is 2.99. The smallest absolute Gasteiger partial charge is 0.225 e. The van der Waals surface area contributed by atoms with Crippen molar-refractivity contribution in [1.29, 1.82) is 0 Å². The molecule has 0 aliphatic carbocycles. The van der Waals surface area contributed by atoms with Gasteiger partial charge >= 0.3 is 0 Å². The number of rotatable bonds is 7. The van der Waals surface area contributed by atoms with Crippen molar-refractivity contribution < 1.29 is 14.3 Å². The molecule has 2 aromatic carbocycles. The molecule has 2 aliphatic heterocycles. The van der Waals surface area contributed by atoms with Gasteiger partial charge in [-0.1, -0.05) is 24.3 Å². The number of benzene rings is 2. The van der Waals surface area contributed by atoms with Crippen molar-refractivity contribution in [2.45, 2.75) is 18.9 Å². The van der Waals surface area contributed by atoms with E-state index in [1.807, 2.05) is 42.5 Å². The van der Waals surface area contributed by atoms with Crippen molar-refractivity contribution in [3.05, 3.63) is 78.1 Å². The third-order valence-electron chi connectivity index (χ3n) is 7.09.